The van der Waals surface area contributed by atoms with Crippen molar-refractivity contribution in [2.75, 3.05) is 58.8 Å². The maximum Gasteiger partial charge on any atom is 0.320 e. The van der Waals surface area contributed by atoms with Gasteiger partial charge in [-0.15, -0.1) is 10.2 Å². The van der Waals surface area contributed by atoms with Crippen molar-refractivity contribution in [1.29, 1.82) is 0 Å². The van der Waals surface area contributed by atoms with E-state index in [1.165, 1.54) is 0 Å². The van der Waals surface area contributed by atoms with E-state index in [0.29, 0.717) is 69.3 Å². The van der Waals surface area contributed by atoms with E-state index in [0.717, 1.165) is 11.1 Å². The zero-order chi connectivity index (χ0) is 35.4. The van der Waals surface area contributed by atoms with Crippen LogP contribution in [0.1, 0.15) is 83.8 Å². The first kappa shape index (κ1) is 34.7. The molecule has 0 unspecified atom stereocenters. The Hall–Kier alpha value is -5.15. The maximum absolute atomic E-state index is 13.4. The van der Waals surface area contributed by atoms with E-state index in [-0.39, 0.29) is 40.9 Å². The van der Waals surface area contributed by atoms with Crippen LogP contribution in [0.5, 0.6) is 5.75 Å². The number of carbonyl (C=O) groups is 3. The summed E-state index contributed by atoms with van der Waals surface area (Å²) in [6.45, 7) is 9.05. The predicted octanol–water partition coefficient (Wildman–Crippen LogP) is 3.36. The summed E-state index contributed by atoms with van der Waals surface area (Å²) in [5.74, 6) is 0.415. The van der Waals surface area contributed by atoms with E-state index >= 15 is 0 Å². The van der Waals surface area contributed by atoms with Gasteiger partial charge >= 0.3 is 6.03 Å². The lowest BCUT2D eigenvalue weighted by molar-refractivity contribution is 0.0294. The number of morpholine rings is 1. The third-order valence-electron chi connectivity index (χ3n) is 8.67. The third kappa shape index (κ3) is 8.00. The van der Waals surface area contributed by atoms with Crippen LogP contribution in [0.4, 0.5) is 10.6 Å². The van der Waals surface area contributed by atoms with Crippen LogP contribution in [0.3, 0.4) is 0 Å². The van der Waals surface area contributed by atoms with E-state index in [1.54, 1.807) is 27.6 Å². The van der Waals surface area contributed by atoms with E-state index < -0.39 is 11.9 Å². The largest absolute Gasteiger partial charge is 0.484 e. The number of likely N-dealkylation sites (N-methyl/N-ethyl adjacent to an activating group) is 1. The third-order valence-corrected chi connectivity index (χ3v) is 8.67. The highest BCUT2D eigenvalue weighted by atomic mass is 16.5. The molecule has 1 fully saturated rings. The molecule has 264 valence electrons. The normalized spacial score (nSPS) is 17.7. The van der Waals surface area contributed by atoms with Crippen LogP contribution in [0.15, 0.2) is 48.7 Å². The summed E-state index contributed by atoms with van der Waals surface area (Å²) in [5.41, 5.74) is 2.68. The number of benzene rings is 1. The molecule has 4 heterocycles. The first-order valence-electron chi connectivity index (χ1n) is 16.8. The van der Waals surface area contributed by atoms with E-state index in [9.17, 15) is 14.4 Å². The number of urea groups is 1. The minimum Gasteiger partial charge on any atom is -0.484 e. The van der Waals surface area contributed by atoms with Gasteiger partial charge in [-0.05, 0) is 50.2 Å². The van der Waals surface area contributed by atoms with Gasteiger partial charge in [0, 0.05) is 37.7 Å². The number of ether oxygens (including phenoxy) is 2. The van der Waals surface area contributed by atoms with Crippen molar-refractivity contribution in [3.05, 3.63) is 77.1 Å². The van der Waals surface area contributed by atoms with Crippen LogP contribution in [0, 0.1) is 0 Å². The van der Waals surface area contributed by atoms with Crippen molar-refractivity contribution in [3.8, 4) is 5.75 Å². The van der Waals surface area contributed by atoms with Crippen LogP contribution in [0.25, 0.3) is 5.65 Å². The highest BCUT2D eigenvalue weighted by molar-refractivity contribution is 5.93. The Morgan fingerprint density at radius 3 is 2.50 bits per heavy atom. The second kappa shape index (κ2) is 14.8. The molecule has 3 aromatic heterocycles. The molecule has 4 aromatic rings. The van der Waals surface area contributed by atoms with E-state index in [1.807, 2.05) is 70.1 Å². The topological polar surface area (TPSA) is 168 Å². The molecular weight excluding hydrogens is 640 g/mol. The van der Waals surface area contributed by atoms with Crippen molar-refractivity contribution < 1.29 is 23.9 Å². The second-order valence-corrected chi connectivity index (χ2v) is 13.8. The van der Waals surface area contributed by atoms with Crippen molar-refractivity contribution in [2.45, 2.75) is 51.2 Å². The number of amides is 4. The number of rotatable bonds is 9. The molecule has 15 nitrogen and oxygen atoms in total. The number of hydrogen-bond donors (Lipinski definition) is 3. The van der Waals surface area contributed by atoms with Gasteiger partial charge in [0.15, 0.2) is 5.65 Å². The van der Waals surface area contributed by atoms with E-state index in [4.69, 9.17) is 9.47 Å². The van der Waals surface area contributed by atoms with Crippen LogP contribution < -0.4 is 20.7 Å². The monoisotopic (exact) mass is 684 g/mol. The van der Waals surface area contributed by atoms with Gasteiger partial charge in [-0.1, -0.05) is 45.0 Å². The van der Waals surface area contributed by atoms with Gasteiger partial charge in [-0.2, -0.15) is 0 Å². The number of hydrogen-bond acceptors (Lipinski definition) is 10. The summed E-state index contributed by atoms with van der Waals surface area (Å²) in [5, 5.41) is 17.1. The van der Waals surface area contributed by atoms with Crippen LogP contribution >= 0.6 is 0 Å². The van der Waals surface area contributed by atoms with Crippen LogP contribution in [-0.4, -0.2) is 106 Å². The summed E-state index contributed by atoms with van der Waals surface area (Å²) < 4.78 is 13.5. The summed E-state index contributed by atoms with van der Waals surface area (Å²) in [7, 11) is 3.85. The Kier molecular flexibility index (Phi) is 10.2. The molecular formula is C35H44N10O5. The molecule has 6 rings (SSSR count). The lowest BCUT2D eigenvalue weighted by atomic mass is 9.85. The van der Waals surface area contributed by atoms with Crippen molar-refractivity contribution in [1.82, 2.24) is 45.0 Å². The Bertz CT molecular complexity index is 1860. The highest BCUT2D eigenvalue weighted by Crippen LogP contribution is 2.39. The molecule has 15 heteroatoms. The summed E-state index contributed by atoms with van der Waals surface area (Å²) in [6.07, 6.45) is 2.69. The number of pyridine rings is 1. The quantitative estimate of drug-likeness (QED) is 0.238. The lowest BCUT2D eigenvalue weighted by Crippen LogP contribution is -2.41. The molecule has 1 saturated heterocycles. The average Bonchev–Trinajstić information content (AvgIpc) is 3.52. The zero-order valence-electron chi connectivity index (χ0n) is 29.1. The van der Waals surface area contributed by atoms with Crippen molar-refractivity contribution >= 4 is 29.3 Å². The molecule has 2 aliphatic rings. The summed E-state index contributed by atoms with van der Waals surface area (Å²) in [4.78, 5) is 52.0. The standard InChI is InChI=1S/C35H44N10O5/c1-35(2,3)27-20-28(39-30(38-27)32(46)36-14-15-43(4)5)40-34(48)37-25-11-12-26(24-9-7-6-8-23(24)25)50-22-10-13-29-41-42-31(45(29)21-22)33(47)44-16-18-49-19-17-44/h6-10,13,20-21,25-26H,11-12,14-19H2,1-5H3,(H,36,46)(H2,37,38,39,40,48)/t25-,26+/m0/s1. The van der Waals surface area contributed by atoms with Crippen molar-refractivity contribution in [3.63, 3.8) is 0 Å². The summed E-state index contributed by atoms with van der Waals surface area (Å²) in [6, 6.07) is 12.4. The van der Waals surface area contributed by atoms with Gasteiger partial charge in [0.1, 0.15) is 17.7 Å². The molecule has 50 heavy (non-hydrogen) atoms. The van der Waals surface area contributed by atoms with Gasteiger partial charge in [-0.25, -0.2) is 14.8 Å². The van der Waals surface area contributed by atoms with E-state index in [2.05, 4.69) is 36.1 Å². The fraction of sp³-hybridized carbons (Fsp3) is 0.457. The Morgan fingerprint density at radius 2 is 1.76 bits per heavy atom. The maximum atomic E-state index is 13.4. The van der Waals surface area contributed by atoms with Gasteiger partial charge in [0.05, 0.1) is 31.1 Å². The van der Waals surface area contributed by atoms with Gasteiger partial charge < -0.3 is 29.9 Å². The molecule has 1 aromatic carbocycles. The second-order valence-electron chi connectivity index (χ2n) is 13.8. The number of anilines is 1. The zero-order valence-corrected chi connectivity index (χ0v) is 29.1. The molecule has 2 atom stereocenters. The highest BCUT2D eigenvalue weighted by Gasteiger charge is 2.30. The van der Waals surface area contributed by atoms with Gasteiger partial charge in [0.25, 0.3) is 11.8 Å². The molecule has 1 aliphatic heterocycles. The average molecular weight is 685 g/mol. The molecule has 0 saturated carbocycles. The fourth-order valence-electron chi connectivity index (χ4n) is 5.96. The summed E-state index contributed by atoms with van der Waals surface area (Å²) >= 11 is 0. The fourth-order valence-corrected chi connectivity index (χ4v) is 5.96. The van der Waals surface area contributed by atoms with Crippen LogP contribution in [-0.2, 0) is 10.2 Å². The molecule has 0 spiro atoms. The molecule has 0 radical (unpaired) electrons. The van der Waals surface area contributed by atoms with Gasteiger partial charge in [-0.3, -0.25) is 19.3 Å². The predicted molar refractivity (Wildman–Crippen MR) is 185 cm³/mol. The lowest BCUT2D eigenvalue weighted by Gasteiger charge is -2.32. The molecule has 0 bridgehead atoms. The first-order valence-corrected chi connectivity index (χ1v) is 16.8. The number of fused-ring (bicyclic) bond motifs is 2. The number of aromatic nitrogens is 5. The van der Waals surface area contributed by atoms with Gasteiger partial charge in [0.2, 0.25) is 11.6 Å². The Morgan fingerprint density at radius 1 is 1.00 bits per heavy atom. The SMILES string of the molecule is CN(C)CCNC(=O)c1nc(NC(=O)N[C@H]2CC[C@@H](Oc3ccc4nnc(C(=O)N5CCOCC5)n4c3)c3ccccc32)cc(C(C)(C)C)n1. The Labute approximate surface area is 290 Å². The van der Waals surface area contributed by atoms with Crippen LogP contribution in [0.2, 0.25) is 0 Å². The minimum atomic E-state index is -0.447. The molecule has 3 N–H and O–H groups in total. The Balaban J connectivity index is 1.15. The number of nitrogens with one attached hydrogen (secondary N) is 3. The molecule has 1 aliphatic carbocycles. The van der Waals surface area contributed by atoms with Crippen molar-refractivity contribution in [2.24, 2.45) is 0 Å². The minimum absolute atomic E-state index is 0.00303. The molecule has 4 amide bonds. The number of nitrogens with zero attached hydrogens (tertiary/aromatic N) is 7. The first-order chi connectivity index (χ1) is 24.0. The smallest absolute Gasteiger partial charge is 0.320 e. The number of carbonyl (C=O) groups excluding carboxylic acids is 3.